The number of nitrogens with one attached hydrogen (secondary N) is 3. The molecule has 0 bridgehead atoms. The number of hydrogen-bond acceptors (Lipinski definition) is 6. The van der Waals surface area contributed by atoms with E-state index >= 15 is 0 Å². The minimum atomic E-state index is -3.08. The van der Waals surface area contributed by atoms with Gasteiger partial charge in [-0.3, -0.25) is 19.1 Å². The monoisotopic (exact) mass is 660 g/mol. The van der Waals surface area contributed by atoms with Crippen LogP contribution in [0.3, 0.4) is 0 Å². The van der Waals surface area contributed by atoms with E-state index in [1.165, 1.54) is 40.6 Å². The number of fused-ring (bicyclic) bond motifs is 1. The number of halogens is 2. The Hall–Kier alpha value is -5.48. The van der Waals surface area contributed by atoms with E-state index in [0.29, 0.717) is 31.8 Å². The van der Waals surface area contributed by atoms with Gasteiger partial charge < -0.3 is 16.0 Å². The second-order valence-electron chi connectivity index (χ2n) is 12.0. The summed E-state index contributed by atoms with van der Waals surface area (Å²) in [5.74, 6) is -2.99. The quantitative estimate of drug-likeness (QED) is 0.127. The van der Waals surface area contributed by atoms with Crippen molar-refractivity contribution in [2.75, 3.05) is 25.5 Å². The molecule has 8 nitrogen and oxygen atoms in total. The van der Waals surface area contributed by atoms with E-state index in [4.69, 9.17) is 0 Å². The molecule has 0 saturated heterocycles. The highest BCUT2D eigenvalue weighted by atomic mass is 19.3. The highest BCUT2D eigenvalue weighted by molar-refractivity contribution is 5.77. The van der Waals surface area contributed by atoms with E-state index in [9.17, 15) is 18.4 Å². The van der Waals surface area contributed by atoms with Crippen LogP contribution < -0.4 is 21.5 Å². The molecular weight excluding hydrogens is 622 g/mol. The van der Waals surface area contributed by atoms with Crippen LogP contribution in [0.25, 0.3) is 17.5 Å². The third-order valence-electron chi connectivity index (χ3n) is 8.74. The Balaban J connectivity index is 1.10. The molecule has 0 fully saturated rings. The molecule has 2 aromatic heterocycles. The SMILES string of the molecule is CNC1CC(CNC(=O)Cn2c(-c3ccccc3)ncc(NCCCc3ccc(C(F)(F)c4ccccc4)cc3)c2=O)=Cc2cnccc21. The fourth-order valence-corrected chi connectivity index (χ4v) is 6.09. The van der Waals surface area contributed by atoms with Crippen molar-refractivity contribution in [2.45, 2.75) is 37.8 Å². The van der Waals surface area contributed by atoms with Crippen LogP contribution in [0.15, 0.2) is 120 Å². The fourth-order valence-electron chi connectivity index (χ4n) is 6.09. The lowest BCUT2D eigenvalue weighted by molar-refractivity contribution is -0.121. The minimum absolute atomic E-state index is 0.0461. The largest absolute Gasteiger partial charge is 0.379 e. The lowest BCUT2D eigenvalue weighted by Crippen LogP contribution is -2.36. The molecule has 250 valence electrons. The second-order valence-corrected chi connectivity index (χ2v) is 12.0. The van der Waals surface area contributed by atoms with Crippen LogP contribution in [-0.2, 0) is 23.7 Å². The lowest BCUT2D eigenvalue weighted by atomic mass is 9.89. The molecule has 0 aliphatic heterocycles. The molecule has 1 amide bonds. The molecule has 1 aliphatic rings. The molecule has 1 aliphatic carbocycles. The summed E-state index contributed by atoms with van der Waals surface area (Å²) < 4.78 is 31.2. The summed E-state index contributed by atoms with van der Waals surface area (Å²) in [5, 5.41) is 9.48. The maximum Gasteiger partial charge on any atom is 0.298 e. The number of hydrogen-bond donors (Lipinski definition) is 3. The van der Waals surface area contributed by atoms with Crippen molar-refractivity contribution in [3.05, 3.63) is 153 Å². The summed E-state index contributed by atoms with van der Waals surface area (Å²) in [5.41, 5.74) is 4.69. The Morgan fingerprint density at radius 1 is 0.939 bits per heavy atom. The number of pyridine rings is 1. The number of anilines is 1. The first-order valence-corrected chi connectivity index (χ1v) is 16.3. The van der Waals surface area contributed by atoms with E-state index in [1.54, 1.807) is 36.5 Å². The summed E-state index contributed by atoms with van der Waals surface area (Å²) in [6.45, 7) is 0.594. The maximum atomic E-state index is 14.9. The van der Waals surface area contributed by atoms with Crippen molar-refractivity contribution >= 4 is 17.7 Å². The molecule has 2 heterocycles. The lowest BCUT2D eigenvalue weighted by Gasteiger charge is -2.25. The van der Waals surface area contributed by atoms with E-state index in [1.807, 2.05) is 49.6 Å². The molecule has 5 aromatic rings. The molecule has 3 aromatic carbocycles. The van der Waals surface area contributed by atoms with Gasteiger partial charge in [0.25, 0.3) is 11.5 Å². The number of aromatic nitrogens is 3. The van der Waals surface area contributed by atoms with Gasteiger partial charge in [0.05, 0.1) is 6.20 Å². The van der Waals surface area contributed by atoms with Gasteiger partial charge in [-0.2, -0.15) is 8.78 Å². The van der Waals surface area contributed by atoms with Gasteiger partial charge in [-0.15, -0.1) is 0 Å². The van der Waals surface area contributed by atoms with Crippen LogP contribution in [0.4, 0.5) is 14.5 Å². The van der Waals surface area contributed by atoms with Crippen molar-refractivity contribution in [2.24, 2.45) is 0 Å². The molecule has 0 spiro atoms. The van der Waals surface area contributed by atoms with Gasteiger partial charge in [0.1, 0.15) is 18.1 Å². The van der Waals surface area contributed by atoms with Gasteiger partial charge in [0.15, 0.2) is 0 Å². The molecule has 6 rings (SSSR count). The van der Waals surface area contributed by atoms with Crippen molar-refractivity contribution in [1.29, 1.82) is 0 Å². The number of amides is 1. The Labute approximate surface area is 284 Å². The van der Waals surface area contributed by atoms with Crippen LogP contribution in [0.5, 0.6) is 0 Å². The molecule has 3 N–H and O–H groups in total. The number of aryl methyl sites for hydroxylation is 1. The van der Waals surface area contributed by atoms with Crippen molar-refractivity contribution in [1.82, 2.24) is 25.2 Å². The Kier molecular flexibility index (Phi) is 10.3. The molecule has 0 radical (unpaired) electrons. The standard InChI is InChI=1S/C39H38F2N6O2/c1-42-34-22-28(21-30-24-43-20-18-33(30)34)23-45-36(48)26-47-37(29-10-4-2-5-11-29)46-25-35(38(47)49)44-19-8-9-27-14-16-32(17-15-27)39(40,41)31-12-6-3-7-13-31/h2-7,10-18,20-21,24-25,34,42,44H,8-9,19,22-23,26H2,1H3,(H,45,48). The Morgan fingerprint density at radius 2 is 1.65 bits per heavy atom. The maximum absolute atomic E-state index is 14.9. The van der Waals surface area contributed by atoms with E-state index < -0.39 is 5.92 Å². The average Bonchev–Trinajstić information content (AvgIpc) is 3.14. The van der Waals surface area contributed by atoms with E-state index in [2.05, 4.69) is 32.0 Å². The highest BCUT2D eigenvalue weighted by Crippen LogP contribution is 2.35. The van der Waals surface area contributed by atoms with Crippen LogP contribution in [0.1, 0.15) is 46.7 Å². The molecule has 1 atom stereocenters. The third-order valence-corrected chi connectivity index (χ3v) is 8.74. The smallest absolute Gasteiger partial charge is 0.298 e. The van der Waals surface area contributed by atoms with E-state index in [-0.39, 0.29) is 40.9 Å². The highest BCUT2D eigenvalue weighted by Gasteiger charge is 2.33. The fraction of sp³-hybridized carbons (Fsp3) is 0.231. The van der Waals surface area contributed by atoms with Gasteiger partial charge in [-0.05, 0) is 54.6 Å². The summed E-state index contributed by atoms with van der Waals surface area (Å²) in [7, 11) is 1.91. The third kappa shape index (κ3) is 7.81. The molecule has 1 unspecified atom stereocenters. The first-order valence-electron chi connectivity index (χ1n) is 16.3. The van der Waals surface area contributed by atoms with Gasteiger partial charge >= 0.3 is 0 Å². The summed E-state index contributed by atoms with van der Waals surface area (Å²) in [6.07, 6.45) is 9.17. The first-order chi connectivity index (χ1) is 23.8. The minimum Gasteiger partial charge on any atom is -0.379 e. The Morgan fingerprint density at radius 3 is 2.39 bits per heavy atom. The molecular formula is C39H38F2N6O2. The zero-order chi connectivity index (χ0) is 34.2. The number of nitrogens with zero attached hydrogens (tertiary/aromatic N) is 3. The summed E-state index contributed by atoms with van der Waals surface area (Å²) >= 11 is 0. The Bertz CT molecular complexity index is 1980. The average molecular weight is 661 g/mol. The van der Waals surface area contributed by atoms with Crippen LogP contribution in [0, 0.1) is 0 Å². The van der Waals surface area contributed by atoms with Gasteiger partial charge in [0, 0.05) is 48.2 Å². The zero-order valence-corrected chi connectivity index (χ0v) is 27.2. The van der Waals surface area contributed by atoms with Crippen LogP contribution in [-0.4, -0.2) is 40.6 Å². The molecule has 49 heavy (non-hydrogen) atoms. The van der Waals surface area contributed by atoms with Crippen LogP contribution >= 0.6 is 0 Å². The van der Waals surface area contributed by atoms with Gasteiger partial charge in [0.2, 0.25) is 5.91 Å². The molecule has 10 heteroatoms. The predicted octanol–water partition coefficient (Wildman–Crippen LogP) is 6.35. The number of benzene rings is 3. The number of carbonyl (C=O) groups is 1. The molecule has 0 saturated carbocycles. The summed E-state index contributed by atoms with van der Waals surface area (Å²) in [4.78, 5) is 35.8. The predicted molar refractivity (Wildman–Crippen MR) is 188 cm³/mol. The van der Waals surface area contributed by atoms with E-state index in [0.717, 1.165) is 28.7 Å². The van der Waals surface area contributed by atoms with Crippen LogP contribution in [0.2, 0.25) is 0 Å². The van der Waals surface area contributed by atoms with Gasteiger partial charge in [-0.25, -0.2) is 4.98 Å². The number of alkyl halides is 2. The normalized spacial score (nSPS) is 14.1. The summed E-state index contributed by atoms with van der Waals surface area (Å²) in [6, 6.07) is 25.5. The van der Waals surface area contributed by atoms with Crippen molar-refractivity contribution in [3.8, 4) is 11.4 Å². The van der Waals surface area contributed by atoms with Crippen molar-refractivity contribution in [3.63, 3.8) is 0 Å². The second kappa shape index (κ2) is 15.2. The number of carbonyl (C=O) groups excluding carboxylic acids is 1. The first kappa shape index (κ1) is 33.4. The topological polar surface area (TPSA) is 101 Å². The van der Waals surface area contributed by atoms with Gasteiger partial charge in [-0.1, -0.05) is 91.0 Å². The van der Waals surface area contributed by atoms with Crippen molar-refractivity contribution < 1.29 is 13.6 Å². The number of rotatable bonds is 13. The zero-order valence-electron chi connectivity index (χ0n) is 27.2.